The third kappa shape index (κ3) is 5.12. The van der Waals surface area contributed by atoms with Gasteiger partial charge < -0.3 is 10.8 Å². The summed E-state index contributed by atoms with van der Waals surface area (Å²) >= 11 is 7.39. The van der Waals surface area contributed by atoms with Gasteiger partial charge in [0.05, 0.1) is 21.3 Å². The smallest absolute Gasteiger partial charge is 0.175 e. The Morgan fingerprint density at radius 2 is 1.97 bits per heavy atom. The fraction of sp³-hybridized carbons (Fsp3) is 0.0500. The van der Waals surface area contributed by atoms with E-state index in [1.807, 2.05) is 0 Å². The number of aliphatic imine (C=N–C) groups is 1. The van der Waals surface area contributed by atoms with E-state index < -0.39 is 9.84 Å². The van der Waals surface area contributed by atoms with Gasteiger partial charge in [0.2, 0.25) is 0 Å². The molecule has 0 spiro atoms. The van der Waals surface area contributed by atoms with Gasteiger partial charge in [-0.05, 0) is 30.3 Å². The van der Waals surface area contributed by atoms with Gasteiger partial charge in [0.15, 0.2) is 14.8 Å². The fourth-order valence-electron chi connectivity index (χ4n) is 2.35. The van der Waals surface area contributed by atoms with Crippen molar-refractivity contribution < 1.29 is 13.5 Å². The summed E-state index contributed by atoms with van der Waals surface area (Å²) in [4.78, 5) is 4.69. The number of nitrogens with two attached hydrogens (primary N) is 1. The lowest BCUT2D eigenvalue weighted by Crippen LogP contribution is -2.05. The predicted octanol–water partition coefficient (Wildman–Crippen LogP) is 4.30. The zero-order chi connectivity index (χ0) is 21.9. The molecule has 1 heterocycles. The van der Waals surface area contributed by atoms with Crippen LogP contribution in [-0.2, 0) is 9.84 Å². The van der Waals surface area contributed by atoms with Gasteiger partial charge in [0, 0.05) is 11.8 Å². The number of para-hydroxylation sites is 1. The highest BCUT2D eigenvalue weighted by molar-refractivity contribution is 7.90. The highest BCUT2D eigenvalue weighted by Crippen LogP contribution is 2.29. The van der Waals surface area contributed by atoms with Crippen LogP contribution in [0.2, 0.25) is 5.02 Å². The van der Waals surface area contributed by atoms with E-state index in [9.17, 15) is 13.5 Å². The highest BCUT2D eigenvalue weighted by Gasteiger charge is 2.15. The minimum Gasteiger partial charge on any atom is -0.506 e. The first-order valence-corrected chi connectivity index (χ1v) is 11.6. The third-order valence-corrected chi connectivity index (χ3v) is 6.30. The van der Waals surface area contributed by atoms with Crippen molar-refractivity contribution in [3.63, 3.8) is 0 Å². The average Bonchev–Trinajstić information content (AvgIpc) is 3.18. The first-order chi connectivity index (χ1) is 14.1. The predicted molar refractivity (Wildman–Crippen MR) is 120 cm³/mol. The number of nitrogens with zero attached hydrogens (tertiary/aromatic N) is 3. The number of hydrogen-bond donors (Lipinski definition) is 2. The van der Waals surface area contributed by atoms with Crippen molar-refractivity contribution in [2.45, 2.75) is 4.90 Å². The van der Waals surface area contributed by atoms with Gasteiger partial charge in [0.25, 0.3) is 0 Å². The molecule has 0 radical (unpaired) electrons. The van der Waals surface area contributed by atoms with Crippen molar-refractivity contribution in [3.8, 4) is 10.6 Å². The number of aromatic nitrogens is 2. The van der Waals surface area contributed by atoms with Crippen LogP contribution in [0.25, 0.3) is 10.6 Å². The van der Waals surface area contributed by atoms with E-state index in [2.05, 4.69) is 21.8 Å². The first kappa shape index (κ1) is 21.7. The van der Waals surface area contributed by atoms with Crippen LogP contribution >= 0.6 is 22.9 Å². The van der Waals surface area contributed by atoms with Gasteiger partial charge in [-0.2, -0.15) is 0 Å². The van der Waals surface area contributed by atoms with E-state index in [4.69, 9.17) is 17.3 Å². The summed E-state index contributed by atoms with van der Waals surface area (Å²) in [7, 11) is -3.36. The summed E-state index contributed by atoms with van der Waals surface area (Å²) in [5, 5.41) is 19.2. The summed E-state index contributed by atoms with van der Waals surface area (Å²) in [6, 6.07) is 13.4. The Hall–Kier alpha value is -3.01. The van der Waals surface area contributed by atoms with Crippen molar-refractivity contribution in [3.05, 3.63) is 82.7 Å². The maximum absolute atomic E-state index is 11.8. The number of halogens is 1. The molecule has 0 aliphatic carbocycles. The van der Waals surface area contributed by atoms with Gasteiger partial charge in [-0.1, -0.05) is 53.8 Å². The van der Waals surface area contributed by atoms with E-state index >= 15 is 0 Å². The number of allylic oxidation sites excluding steroid dienone is 1. The number of rotatable bonds is 6. The lowest BCUT2D eigenvalue weighted by atomic mass is 10.2. The summed E-state index contributed by atoms with van der Waals surface area (Å²) < 4.78 is 23.7. The second kappa shape index (κ2) is 8.78. The average molecular weight is 461 g/mol. The van der Waals surface area contributed by atoms with Crippen LogP contribution in [0.3, 0.4) is 0 Å². The minimum atomic E-state index is -3.36. The maximum atomic E-state index is 11.8. The Morgan fingerprint density at radius 3 is 2.63 bits per heavy atom. The molecule has 3 rings (SSSR count). The molecule has 0 saturated carbocycles. The standard InChI is InChI=1S/C20H17ClN4O3S2/c1-12(26)16(22)11-18(23-17-9-4-3-8-15(17)21)20-25-24-19(29-20)13-6-5-7-14(10-13)30(2,27)28/h3-11,26H,1,22H2,2H3. The van der Waals surface area contributed by atoms with Crippen LogP contribution in [0.15, 0.2) is 82.5 Å². The molecule has 3 N–H and O–H groups in total. The summed E-state index contributed by atoms with van der Waals surface area (Å²) in [5.41, 5.74) is 7.23. The number of aliphatic hydroxyl groups is 1. The molecule has 0 aliphatic rings. The van der Waals surface area contributed by atoms with Crippen LogP contribution in [0.1, 0.15) is 5.01 Å². The SMILES string of the molecule is C=C(O)C(N)=CC(=Nc1ccccc1Cl)c1nnc(-c2cccc(S(C)(=O)=O)c2)s1. The quantitative estimate of drug-likeness (QED) is 0.321. The lowest BCUT2D eigenvalue weighted by Gasteiger charge is -2.03. The topological polar surface area (TPSA) is 119 Å². The normalized spacial score (nSPS) is 12.7. The molecule has 0 amide bonds. The zero-order valence-corrected chi connectivity index (χ0v) is 18.2. The molecule has 2 aromatic carbocycles. The first-order valence-electron chi connectivity index (χ1n) is 8.48. The summed E-state index contributed by atoms with van der Waals surface area (Å²) in [6.45, 7) is 3.40. The molecule has 7 nitrogen and oxygen atoms in total. The Morgan fingerprint density at radius 1 is 1.23 bits per heavy atom. The molecule has 0 bridgehead atoms. The van der Waals surface area contributed by atoms with Crippen molar-refractivity contribution in [2.24, 2.45) is 10.7 Å². The van der Waals surface area contributed by atoms with Gasteiger partial charge in [-0.3, -0.25) is 0 Å². The second-order valence-electron chi connectivity index (χ2n) is 6.21. The van der Waals surface area contributed by atoms with Crippen LogP contribution in [0, 0.1) is 0 Å². The fourth-order valence-corrected chi connectivity index (χ4v) is 3.99. The molecule has 0 atom stereocenters. The number of benzene rings is 2. The Kier molecular flexibility index (Phi) is 6.35. The minimum absolute atomic E-state index is 0.0108. The summed E-state index contributed by atoms with van der Waals surface area (Å²) in [6.07, 6.45) is 2.56. The molecule has 154 valence electrons. The molecule has 0 fully saturated rings. The number of aliphatic hydroxyl groups excluding tert-OH is 1. The maximum Gasteiger partial charge on any atom is 0.175 e. The van der Waals surface area contributed by atoms with Gasteiger partial charge in [-0.25, -0.2) is 13.4 Å². The van der Waals surface area contributed by atoms with Crippen LogP contribution in [0.4, 0.5) is 5.69 Å². The number of sulfone groups is 1. The summed E-state index contributed by atoms with van der Waals surface area (Å²) in [5.74, 6) is -0.313. The second-order valence-corrected chi connectivity index (χ2v) is 9.61. The molecule has 0 aliphatic heterocycles. The van der Waals surface area contributed by atoms with Crippen molar-refractivity contribution in [1.82, 2.24) is 10.2 Å². The molecule has 10 heteroatoms. The van der Waals surface area contributed by atoms with E-state index in [0.717, 1.165) is 6.26 Å². The lowest BCUT2D eigenvalue weighted by molar-refractivity contribution is 0.425. The molecular formula is C20H17ClN4O3S2. The van der Waals surface area contributed by atoms with Crippen molar-refractivity contribution in [2.75, 3.05) is 6.26 Å². The van der Waals surface area contributed by atoms with Gasteiger partial charge >= 0.3 is 0 Å². The van der Waals surface area contributed by atoms with E-state index in [0.29, 0.717) is 32.0 Å². The van der Waals surface area contributed by atoms with Crippen molar-refractivity contribution in [1.29, 1.82) is 0 Å². The highest BCUT2D eigenvalue weighted by atomic mass is 35.5. The molecule has 0 unspecified atom stereocenters. The van der Waals surface area contributed by atoms with Crippen molar-refractivity contribution >= 4 is 44.2 Å². The zero-order valence-electron chi connectivity index (χ0n) is 15.8. The number of hydrogen-bond acceptors (Lipinski definition) is 8. The van der Waals surface area contributed by atoms with Gasteiger partial charge in [0.1, 0.15) is 16.5 Å². The Balaban J connectivity index is 2.09. The van der Waals surface area contributed by atoms with Crippen LogP contribution < -0.4 is 5.73 Å². The van der Waals surface area contributed by atoms with Crippen LogP contribution in [-0.4, -0.2) is 35.7 Å². The Labute approximate surface area is 182 Å². The van der Waals surface area contributed by atoms with Crippen LogP contribution in [0.5, 0.6) is 0 Å². The molecule has 30 heavy (non-hydrogen) atoms. The van der Waals surface area contributed by atoms with Gasteiger partial charge in [-0.15, -0.1) is 10.2 Å². The third-order valence-electron chi connectivity index (χ3n) is 3.87. The van der Waals surface area contributed by atoms with E-state index in [1.54, 1.807) is 36.4 Å². The Bertz CT molecular complexity index is 1280. The van der Waals surface area contributed by atoms with E-state index in [1.165, 1.54) is 29.5 Å². The molecule has 1 aromatic heterocycles. The monoisotopic (exact) mass is 460 g/mol. The molecule has 0 saturated heterocycles. The largest absolute Gasteiger partial charge is 0.506 e. The molecule has 3 aromatic rings. The van der Waals surface area contributed by atoms with E-state index in [-0.39, 0.29) is 16.4 Å². The molecular weight excluding hydrogens is 444 g/mol.